The minimum atomic E-state index is -5.35. The van der Waals surface area contributed by atoms with Crippen molar-refractivity contribution < 1.29 is 52.7 Å². The molecule has 0 saturated heterocycles. The topological polar surface area (TPSA) is 55.4 Å². The Morgan fingerprint density at radius 2 is 1.19 bits per heavy atom. The second-order valence-electron chi connectivity index (χ2n) is 7.27. The fourth-order valence-electron chi connectivity index (χ4n) is 2.88. The molecule has 0 aromatic heterocycles. The van der Waals surface area contributed by atoms with Crippen LogP contribution in [-0.2, 0) is 28.6 Å². The normalized spacial score (nSPS) is 12.9. The molecule has 3 aromatic rings. The number of hydrogen-bond acceptors (Lipinski definition) is 3. The van der Waals surface area contributed by atoms with Crippen molar-refractivity contribution in [2.75, 3.05) is 4.72 Å². The van der Waals surface area contributed by atoms with Gasteiger partial charge in [-0.15, -0.1) is 0 Å². The number of rotatable bonds is 5. The molecular formula is C22H13F9NO3S. The van der Waals surface area contributed by atoms with E-state index >= 15 is 0 Å². The molecule has 0 amide bonds. The van der Waals surface area contributed by atoms with Crippen LogP contribution in [-0.4, -0.2) is 8.42 Å². The molecule has 14 heteroatoms. The predicted octanol–water partition coefficient (Wildman–Crippen LogP) is 7.52. The molecule has 0 spiro atoms. The van der Waals surface area contributed by atoms with Gasteiger partial charge in [0.05, 0.1) is 27.3 Å². The predicted molar refractivity (Wildman–Crippen MR) is 110 cm³/mol. The molecule has 1 N–H and O–H groups in total. The fourth-order valence-corrected chi connectivity index (χ4v) is 4.01. The Kier molecular flexibility index (Phi) is 6.96. The van der Waals surface area contributed by atoms with Crippen LogP contribution in [0.3, 0.4) is 0 Å². The van der Waals surface area contributed by atoms with E-state index < -0.39 is 61.6 Å². The van der Waals surface area contributed by atoms with Crippen molar-refractivity contribution in [2.24, 2.45) is 0 Å². The highest BCUT2D eigenvalue weighted by molar-refractivity contribution is 7.92. The third-order valence-electron chi connectivity index (χ3n) is 4.62. The Morgan fingerprint density at radius 1 is 0.667 bits per heavy atom. The number of halogens is 9. The molecule has 0 fully saturated rings. The van der Waals surface area contributed by atoms with Crippen LogP contribution >= 0.6 is 0 Å². The van der Waals surface area contributed by atoms with Crippen molar-refractivity contribution in [3.63, 3.8) is 0 Å². The van der Waals surface area contributed by atoms with Gasteiger partial charge in [0.1, 0.15) is 5.75 Å². The molecule has 0 aliphatic carbocycles. The van der Waals surface area contributed by atoms with Gasteiger partial charge >= 0.3 is 18.5 Å². The fraction of sp³-hybridized carbons (Fsp3) is 0.136. The summed E-state index contributed by atoms with van der Waals surface area (Å²) in [5.74, 6) is -0.526. The molecule has 3 rings (SSSR count). The molecule has 0 heterocycles. The van der Waals surface area contributed by atoms with Crippen molar-refractivity contribution in [1.82, 2.24) is 0 Å². The number of alkyl halides is 9. The van der Waals surface area contributed by atoms with E-state index in [4.69, 9.17) is 4.74 Å². The molecule has 0 saturated carbocycles. The van der Waals surface area contributed by atoms with Gasteiger partial charge < -0.3 is 4.74 Å². The van der Waals surface area contributed by atoms with E-state index in [2.05, 4.69) is 6.92 Å². The third kappa shape index (κ3) is 6.22. The van der Waals surface area contributed by atoms with Crippen LogP contribution in [0, 0.1) is 6.92 Å². The van der Waals surface area contributed by atoms with Crippen molar-refractivity contribution in [2.45, 2.75) is 23.4 Å². The van der Waals surface area contributed by atoms with Crippen LogP contribution in [0.5, 0.6) is 11.5 Å². The number of benzene rings is 3. The summed E-state index contributed by atoms with van der Waals surface area (Å²) in [5, 5.41) is 0. The molecule has 0 aliphatic rings. The van der Waals surface area contributed by atoms with Gasteiger partial charge in [0.2, 0.25) is 0 Å². The molecule has 4 nitrogen and oxygen atoms in total. The van der Waals surface area contributed by atoms with Crippen LogP contribution in [0.25, 0.3) is 0 Å². The molecule has 1 radical (unpaired) electrons. The summed E-state index contributed by atoms with van der Waals surface area (Å²) in [6, 6.07) is 6.97. The lowest BCUT2D eigenvalue weighted by Crippen LogP contribution is -2.18. The number of anilines is 1. The zero-order valence-electron chi connectivity index (χ0n) is 17.5. The van der Waals surface area contributed by atoms with Gasteiger partial charge in [-0.3, -0.25) is 4.72 Å². The van der Waals surface area contributed by atoms with Gasteiger partial charge in [-0.05, 0) is 55.0 Å². The molecule has 0 aliphatic heterocycles. The quantitative estimate of drug-likeness (QED) is 0.340. The van der Waals surface area contributed by atoms with E-state index in [9.17, 15) is 47.9 Å². The van der Waals surface area contributed by atoms with Crippen molar-refractivity contribution in [3.8, 4) is 11.5 Å². The smallest absolute Gasteiger partial charge is 0.416 e. The largest absolute Gasteiger partial charge is 0.455 e. The first-order valence-corrected chi connectivity index (χ1v) is 11.0. The lowest BCUT2D eigenvalue weighted by Gasteiger charge is -2.18. The number of hydrogen-bond donors (Lipinski definition) is 1. The highest BCUT2D eigenvalue weighted by Crippen LogP contribution is 2.40. The monoisotopic (exact) mass is 542 g/mol. The van der Waals surface area contributed by atoms with Gasteiger partial charge in [0.15, 0.2) is 5.75 Å². The van der Waals surface area contributed by atoms with Gasteiger partial charge in [0.25, 0.3) is 10.0 Å². The van der Waals surface area contributed by atoms with Gasteiger partial charge in [-0.2, -0.15) is 39.5 Å². The maximum Gasteiger partial charge on any atom is 0.416 e. The van der Waals surface area contributed by atoms with Crippen LogP contribution < -0.4 is 9.46 Å². The van der Waals surface area contributed by atoms with E-state index in [0.717, 1.165) is 6.07 Å². The molecule has 0 atom stereocenters. The standard InChI is InChI=1S/C22H13F9NO3S/c1-12-4-2-3-5-18(12)35-19-7-6-13(20(23,24)25)11-17(19)32-36(33,34)16-9-14(21(26,27)28)8-15(10-16)22(29,30)31/h2-11,32H,1H2. The maximum atomic E-state index is 13.2. The number of para-hydroxylation sites is 1. The summed E-state index contributed by atoms with van der Waals surface area (Å²) in [7, 11) is -5.28. The Bertz CT molecular complexity index is 1350. The average molecular weight is 542 g/mol. The Labute approximate surface area is 198 Å². The molecule has 193 valence electrons. The van der Waals surface area contributed by atoms with Gasteiger partial charge in [-0.1, -0.05) is 18.2 Å². The minimum absolute atomic E-state index is 0.00358. The summed E-state index contributed by atoms with van der Waals surface area (Å²) >= 11 is 0. The molecule has 0 unspecified atom stereocenters. The number of ether oxygens (including phenoxy) is 1. The van der Waals surface area contributed by atoms with Gasteiger partial charge in [0, 0.05) is 0 Å². The first-order chi connectivity index (χ1) is 16.4. The first kappa shape index (κ1) is 27.2. The van der Waals surface area contributed by atoms with Crippen LogP contribution in [0.1, 0.15) is 22.3 Å². The second kappa shape index (κ2) is 9.22. The van der Waals surface area contributed by atoms with Crippen molar-refractivity contribution in [3.05, 3.63) is 89.8 Å². The minimum Gasteiger partial charge on any atom is -0.455 e. The number of nitrogens with one attached hydrogen (secondary N) is 1. The highest BCUT2D eigenvalue weighted by Gasteiger charge is 2.38. The summed E-state index contributed by atoms with van der Waals surface area (Å²) in [6.07, 6.45) is -15.7. The van der Waals surface area contributed by atoms with Crippen molar-refractivity contribution >= 4 is 15.7 Å². The number of sulfonamides is 1. The average Bonchev–Trinajstić information content (AvgIpc) is 2.74. The lowest BCUT2D eigenvalue weighted by atomic mass is 10.1. The molecular weight excluding hydrogens is 529 g/mol. The molecule has 0 bridgehead atoms. The zero-order valence-corrected chi connectivity index (χ0v) is 18.3. The van der Waals surface area contributed by atoms with E-state index in [-0.39, 0.29) is 35.6 Å². The maximum absolute atomic E-state index is 13.2. The summed E-state index contributed by atoms with van der Waals surface area (Å²) < 4.78 is 151. The molecule has 36 heavy (non-hydrogen) atoms. The third-order valence-corrected chi connectivity index (χ3v) is 5.96. The zero-order chi connectivity index (χ0) is 27.1. The molecule has 3 aromatic carbocycles. The summed E-state index contributed by atoms with van der Waals surface area (Å²) in [6.45, 7) is 3.63. The SMILES string of the molecule is [CH2]c1ccccc1Oc1ccc(C(F)(F)F)cc1NS(=O)(=O)c1cc(C(F)(F)F)cc(C(F)(F)F)c1. The Hall–Kier alpha value is -3.42. The van der Waals surface area contributed by atoms with E-state index in [1.165, 1.54) is 18.2 Å². The van der Waals surface area contributed by atoms with Crippen LogP contribution in [0.2, 0.25) is 0 Å². The first-order valence-electron chi connectivity index (χ1n) is 9.50. The summed E-state index contributed by atoms with van der Waals surface area (Å²) in [5.41, 5.74) is -5.86. The van der Waals surface area contributed by atoms with Crippen LogP contribution in [0.15, 0.2) is 65.6 Å². The lowest BCUT2D eigenvalue weighted by molar-refractivity contribution is -0.143. The van der Waals surface area contributed by atoms with E-state index in [1.54, 1.807) is 10.8 Å². The second-order valence-corrected chi connectivity index (χ2v) is 8.95. The Morgan fingerprint density at radius 3 is 1.69 bits per heavy atom. The summed E-state index contributed by atoms with van der Waals surface area (Å²) in [4.78, 5) is -1.48. The van der Waals surface area contributed by atoms with E-state index in [0.29, 0.717) is 6.07 Å². The highest BCUT2D eigenvalue weighted by atomic mass is 32.2. The van der Waals surface area contributed by atoms with Gasteiger partial charge in [-0.25, -0.2) is 8.42 Å². The van der Waals surface area contributed by atoms with Crippen LogP contribution in [0.4, 0.5) is 45.2 Å². The van der Waals surface area contributed by atoms with E-state index in [1.807, 2.05) is 0 Å². The Balaban J connectivity index is 2.15. The van der Waals surface area contributed by atoms with Crippen molar-refractivity contribution in [1.29, 1.82) is 0 Å².